The van der Waals surface area contributed by atoms with Crippen LogP contribution in [0, 0.1) is 0 Å². The Labute approximate surface area is 74.6 Å². The smallest absolute Gasteiger partial charge is 0.308 e. The molecule has 0 aliphatic rings. The van der Waals surface area contributed by atoms with Gasteiger partial charge in [0.05, 0.1) is 0 Å². The van der Waals surface area contributed by atoms with E-state index in [0.29, 0.717) is 6.92 Å². The van der Waals surface area contributed by atoms with E-state index in [1.165, 1.54) is 0 Å². The molecule has 0 saturated heterocycles. The second kappa shape index (κ2) is 4.32. The van der Waals surface area contributed by atoms with Crippen molar-refractivity contribution in [3.8, 4) is 0 Å². The van der Waals surface area contributed by atoms with Crippen LogP contribution < -0.4 is 0 Å². The molecule has 0 spiro atoms. The molecule has 13 heavy (non-hydrogen) atoms. The van der Waals surface area contributed by atoms with Crippen molar-refractivity contribution in [3.63, 3.8) is 0 Å². The third kappa shape index (κ3) is 4.52. The Balaban J connectivity index is 0. The monoisotopic (exact) mass is 235 g/mol. The lowest BCUT2D eigenvalue weighted by molar-refractivity contribution is -0.122. The Morgan fingerprint density at radius 1 is 1.08 bits per heavy atom. The molecule has 0 aromatic carbocycles. The van der Waals surface area contributed by atoms with Gasteiger partial charge in [0.1, 0.15) is 0 Å². The molecule has 0 bridgehead atoms. The van der Waals surface area contributed by atoms with Gasteiger partial charge in [-0.05, 0) is 0 Å². The molecule has 0 fully saturated rings. The maximum atomic E-state index is 10.4. The molecular formula is C3H11NO7P2. The minimum absolute atomic E-state index is 0. The van der Waals surface area contributed by atoms with E-state index < -0.39 is 25.8 Å². The van der Waals surface area contributed by atoms with E-state index in [9.17, 15) is 13.9 Å². The van der Waals surface area contributed by atoms with Gasteiger partial charge in [-0.15, -0.1) is 0 Å². The Kier molecular flexibility index (Phi) is 5.07. The van der Waals surface area contributed by atoms with Crippen LogP contribution in [-0.4, -0.2) is 29.9 Å². The van der Waals surface area contributed by atoms with Crippen molar-refractivity contribution >= 4 is 21.4 Å². The van der Waals surface area contributed by atoms with Crippen molar-refractivity contribution in [2.75, 3.05) is 0 Å². The lowest BCUT2D eigenvalue weighted by Gasteiger charge is -2.21. The Bertz CT molecular complexity index is 253. The van der Waals surface area contributed by atoms with Crippen LogP contribution in [-0.2, 0) is 13.9 Å². The first-order chi connectivity index (χ1) is 5.07. The Morgan fingerprint density at radius 2 is 1.31 bits per heavy atom. The topological polar surface area (TPSA) is 135 Å². The highest BCUT2D eigenvalue weighted by Crippen LogP contribution is 2.57. The van der Waals surface area contributed by atoms with Crippen LogP contribution in [0.25, 0.3) is 0 Å². The van der Waals surface area contributed by atoms with Crippen LogP contribution in [0.15, 0.2) is 0 Å². The van der Waals surface area contributed by atoms with Gasteiger partial charge in [-0.3, -0.25) is 4.79 Å². The summed E-state index contributed by atoms with van der Waals surface area (Å²) in [7, 11) is -10.5. The molecule has 0 aromatic heterocycles. The highest BCUT2D eigenvalue weighted by molar-refractivity contribution is 7.66. The second-order valence-corrected chi connectivity index (χ2v) is 5.00. The highest BCUT2D eigenvalue weighted by Gasteiger charge is 2.41. The molecule has 0 unspecified atom stereocenters. The first kappa shape index (κ1) is 15.3. The Hall–Kier alpha value is -0.230. The zero-order valence-electron chi connectivity index (χ0n) is 5.86. The Morgan fingerprint density at radius 3 is 1.31 bits per heavy atom. The van der Waals surface area contributed by atoms with Crippen LogP contribution in [0.3, 0.4) is 0 Å². The fourth-order valence-electron chi connectivity index (χ4n) is 0.519. The summed E-state index contributed by atoms with van der Waals surface area (Å²) in [6.07, 6.45) is 0. The van der Waals surface area contributed by atoms with Gasteiger partial charge in [-0.1, -0.05) is 7.43 Å². The summed E-state index contributed by atoms with van der Waals surface area (Å²) in [4.78, 5) is 43.6. The van der Waals surface area contributed by atoms with Crippen LogP contribution in [0.2, 0.25) is 0 Å². The van der Waals surface area contributed by atoms with Gasteiger partial charge in [0.15, 0.2) is 0 Å². The van der Waals surface area contributed by atoms with Crippen molar-refractivity contribution in [3.05, 3.63) is 0 Å². The first-order valence-electron chi connectivity index (χ1n) is 2.49. The maximum Gasteiger partial charge on any atom is 0.441 e. The van der Waals surface area contributed by atoms with Crippen LogP contribution >= 0.6 is 15.5 Å². The largest absolute Gasteiger partial charge is 0.441 e. The van der Waals surface area contributed by atoms with E-state index >= 15 is 0 Å². The van der Waals surface area contributed by atoms with Gasteiger partial charge < -0.3 is 19.6 Å². The molecule has 0 aromatic rings. The fraction of sp³-hybridized carbons (Fsp3) is 0.667. The van der Waals surface area contributed by atoms with Crippen molar-refractivity contribution in [2.45, 2.75) is 14.4 Å². The summed E-state index contributed by atoms with van der Waals surface area (Å²) >= 11 is 0. The highest BCUT2D eigenvalue weighted by atomic mass is 31.3. The summed E-state index contributed by atoms with van der Waals surface area (Å²) in [6, 6.07) is 0. The van der Waals surface area contributed by atoms with E-state index in [0.717, 1.165) is 0 Å². The fourth-order valence-corrected chi connectivity index (χ4v) is 2.47. The number of amides is 1. The molecule has 10 heteroatoms. The molecule has 80 valence electrons. The lowest BCUT2D eigenvalue weighted by atomic mass is 10.8. The van der Waals surface area contributed by atoms with Crippen LogP contribution in [0.5, 0.6) is 0 Å². The van der Waals surface area contributed by atoms with Crippen molar-refractivity contribution in [1.82, 2.24) is 4.44 Å². The van der Waals surface area contributed by atoms with Crippen molar-refractivity contribution in [2.24, 2.45) is 0 Å². The zero-order valence-corrected chi connectivity index (χ0v) is 7.64. The SMILES string of the molecule is C.CC(=O)N(P(=O)(O)O)P(=O)(O)O. The van der Waals surface area contributed by atoms with E-state index in [-0.39, 0.29) is 7.43 Å². The van der Waals surface area contributed by atoms with E-state index in [4.69, 9.17) is 19.6 Å². The number of carbonyl (C=O) groups is 1. The third-order valence-electron chi connectivity index (χ3n) is 0.775. The quantitative estimate of drug-likeness (QED) is 0.480. The second-order valence-electron chi connectivity index (χ2n) is 1.84. The molecule has 4 N–H and O–H groups in total. The van der Waals surface area contributed by atoms with Gasteiger partial charge in [0.2, 0.25) is 5.91 Å². The number of hydrogen-bond donors (Lipinski definition) is 4. The summed E-state index contributed by atoms with van der Waals surface area (Å²) in [5.74, 6) is -1.39. The van der Waals surface area contributed by atoms with Crippen molar-refractivity contribution < 1.29 is 33.5 Å². The summed E-state index contributed by atoms with van der Waals surface area (Å²) in [5.41, 5.74) is 0. The van der Waals surface area contributed by atoms with Gasteiger partial charge in [0, 0.05) is 6.92 Å². The molecular weight excluding hydrogens is 224 g/mol. The number of carbonyl (C=O) groups excluding carboxylic acids is 1. The molecule has 0 radical (unpaired) electrons. The molecule has 0 aliphatic carbocycles. The van der Waals surface area contributed by atoms with Crippen LogP contribution in [0.4, 0.5) is 0 Å². The average molecular weight is 235 g/mol. The van der Waals surface area contributed by atoms with Gasteiger partial charge in [-0.25, -0.2) is 9.13 Å². The molecule has 1 amide bonds. The predicted octanol–water partition coefficient (Wildman–Crippen LogP) is -0.344. The predicted molar refractivity (Wildman–Crippen MR) is 43.3 cm³/mol. The average Bonchev–Trinajstić information content (AvgIpc) is 1.49. The molecule has 0 heterocycles. The zero-order chi connectivity index (χ0) is 10.2. The summed E-state index contributed by atoms with van der Waals surface area (Å²) in [6.45, 7) is 0.637. The molecule has 0 atom stereocenters. The van der Waals surface area contributed by atoms with Gasteiger partial charge in [0.25, 0.3) is 0 Å². The summed E-state index contributed by atoms with van der Waals surface area (Å²) < 4.78 is 19.9. The first-order valence-corrected chi connectivity index (χ1v) is 5.62. The third-order valence-corrected chi connectivity index (χ3v) is 3.72. The molecule has 0 saturated carbocycles. The van der Waals surface area contributed by atoms with E-state index in [1.807, 2.05) is 0 Å². The van der Waals surface area contributed by atoms with E-state index in [2.05, 4.69) is 0 Å². The van der Waals surface area contributed by atoms with Crippen molar-refractivity contribution in [1.29, 1.82) is 0 Å². The molecule has 0 rings (SSSR count). The molecule has 8 nitrogen and oxygen atoms in total. The number of hydrogen-bond acceptors (Lipinski definition) is 3. The van der Waals surface area contributed by atoms with Gasteiger partial charge in [-0.2, -0.15) is 4.44 Å². The van der Waals surface area contributed by atoms with Gasteiger partial charge >= 0.3 is 15.5 Å². The number of nitrogens with zero attached hydrogens (tertiary/aromatic N) is 1. The van der Waals surface area contributed by atoms with E-state index in [1.54, 1.807) is 0 Å². The molecule has 0 aliphatic heterocycles. The summed E-state index contributed by atoms with van der Waals surface area (Å²) in [5, 5.41) is 0. The normalized spacial score (nSPS) is 11.8. The standard InChI is InChI=1S/C2H7NO7P2.CH4/c1-2(4)3(11(5,6)7)12(8,9)10;/h1H3,(H2,5,6,7)(H2,8,9,10);1H4. The lowest BCUT2D eigenvalue weighted by Crippen LogP contribution is -2.21. The number of rotatable bonds is 2. The minimum atomic E-state index is -5.23. The maximum absolute atomic E-state index is 10.4. The van der Waals surface area contributed by atoms with Crippen LogP contribution in [0.1, 0.15) is 14.4 Å². The minimum Gasteiger partial charge on any atom is -0.308 e.